The van der Waals surface area contributed by atoms with Gasteiger partial charge >= 0.3 is 0 Å². The van der Waals surface area contributed by atoms with Crippen molar-refractivity contribution >= 4 is 58.5 Å². The number of thiol groups is 1. The molecule has 6 heteroatoms. The lowest BCUT2D eigenvalue weighted by Gasteiger charge is -1.96. The van der Waals surface area contributed by atoms with Crippen LogP contribution < -0.4 is 0 Å². The Hall–Kier alpha value is 1.39. The molecule has 0 N–H and O–H groups in total. The Bertz CT molecular complexity index is 113. The molecule has 0 aliphatic carbocycles. The van der Waals surface area contributed by atoms with E-state index >= 15 is 0 Å². The summed E-state index contributed by atoms with van der Waals surface area (Å²) in [7, 11) is -2.49. The molecule has 0 heterocycles. The van der Waals surface area contributed by atoms with Crippen LogP contribution in [0.15, 0.2) is 0 Å². The van der Waals surface area contributed by atoms with Crippen LogP contribution in [-0.2, 0) is 10.7 Å². The molecule has 0 fully saturated rings. The zero-order chi connectivity index (χ0) is 6.08. The summed E-state index contributed by atoms with van der Waals surface area (Å²) in [5, 5.41) is 0. The summed E-state index contributed by atoms with van der Waals surface area (Å²) in [5.41, 5.74) is 0. The van der Waals surface area contributed by atoms with Gasteiger partial charge in [0.1, 0.15) is 0 Å². The highest BCUT2D eigenvalue weighted by molar-refractivity contribution is 9.42. The van der Waals surface area contributed by atoms with Gasteiger partial charge in [0.15, 0.2) is 10.7 Å². The van der Waals surface area contributed by atoms with E-state index < -0.39 is 12.2 Å². The Morgan fingerprint density at radius 3 is 1.29 bits per heavy atom. The minimum Gasteiger partial charge on any atom is -0.229 e. The van der Waals surface area contributed by atoms with Gasteiger partial charge in [-0.1, -0.05) is 0 Å². The van der Waals surface area contributed by atoms with Crippen LogP contribution in [0.5, 0.6) is 0 Å². The molecule has 0 aliphatic rings. The van der Waals surface area contributed by atoms with Gasteiger partial charge in [0.05, 0.1) is 0 Å². The highest BCUT2D eigenvalue weighted by Gasteiger charge is 2.20. The summed E-state index contributed by atoms with van der Waals surface area (Å²) in [6.45, 7) is 0. The first-order chi connectivity index (χ1) is 2.94. The fraction of sp³-hybridized carbons (Fsp3) is 1.00. The molecule has 0 bridgehead atoms. The van der Waals surface area contributed by atoms with Crippen LogP contribution >= 0.6 is 47.8 Å². The topological polar surface area (TPSA) is 34.1 Å². The van der Waals surface area contributed by atoms with Gasteiger partial charge in [0.2, 0.25) is 1.47 Å². The smallest absolute Gasteiger partial charge is 0.229 e. The second-order valence-corrected chi connectivity index (χ2v) is 10.5. The molecule has 0 aromatic carbocycles. The lowest BCUT2D eigenvalue weighted by Crippen LogP contribution is -1.99. The molecule has 2 nitrogen and oxygen atoms in total. The normalized spacial score (nSPS) is 12.6. The SMILES string of the molecule is O=[SH](=O)C(Br)(Br)Br. The van der Waals surface area contributed by atoms with E-state index in [1.54, 1.807) is 0 Å². The first kappa shape index (κ1) is 8.39. The summed E-state index contributed by atoms with van der Waals surface area (Å²) in [6.07, 6.45) is 0. The predicted octanol–water partition coefficient (Wildman–Crippen LogP) is 1.39. The fourth-order valence-corrected chi connectivity index (χ4v) is 0. The Morgan fingerprint density at radius 2 is 1.29 bits per heavy atom. The largest absolute Gasteiger partial charge is 0.232 e. The minimum absolute atomic E-state index is 1.11. The molecule has 0 rings (SSSR count). The molecule has 0 saturated heterocycles. The monoisotopic (exact) mass is 314 g/mol. The second kappa shape index (κ2) is 2.80. The fourth-order valence-electron chi connectivity index (χ4n) is 0. The van der Waals surface area contributed by atoms with Gasteiger partial charge in [-0.2, -0.15) is 0 Å². The minimum atomic E-state index is -2.49. The molecule has 7 heavy (non-hydrogen) atoms. The number of alkyl halides is 3. The maximum absolute atomic E-state index is 9.92. The Balaban J connectivity index is 4.08. The van der Waals surface area contributed by atoms with Crippen LogP contribution in [0, 0.1) is 0 Å². The van der Waals surface area contributed by atoms with Crippen LogP contribution in [0.3, 0.4) is 0 Å². The standard InChI is InChI=1S/CHBr3O2S/c2-1(3,4)7(5)6/h7H. The highest BCUT2D eigenvalue weighted by Crippen LogP contribution is 2.33. The zero-order valence-corrected chi connectivity index (χ0v) is 8.55. The number of halogens is 3. The van der Waals surface area contributed by atoms with E-state index in [9.17, 15) is 8.42 Å². The third kappa shape index (κ3) is 3.93. The summed E-state index contributed by atoms with van der Waals surface area (Å²) < 4.78 is 18.7. The number of rotatable bonds is 0. The van der Waals surface area contributed by atoms with Crippen molar-refractivity contribution in [3.63, 3.8) is 0 Å². The Kier molecular flexibility index (Phi) is 3.35. The van der Waals surface area contributed by atoms with Gasteiger partial charge < -0.3 is 0 Å². The van der Waals surface area contributed by atoms with Crippen LogP contribution in [0.4, 0.5) is 0 Å². The first-order valence-electron chi connectivity index (χ1n) is 1.16. The molecule has 0 amide bonds. The third-order valence-electron chi connectivity index (χ3n) is 0.207. The third-order valence-corrected chi connectivity index (χ3v) is 3.23. The second-order valence-electron chi connectivity index (χ2n) is 0.725. The predicted molar refractivity (Wildman–Crippen MR) is 39.8 cm³/mol. The van der Waals surface area contributed by atoms with Crippen molar-refractivity contribution in [3.8, 4) is 0 Å². The van der Waals surface area contributed by atoms with Gasteiger partial charge in [0, 0.05) is 0 Å². The van der Waals surface area contributed by atoms with E-state index in [2.05, 4.69) is 47.8 Å². The molecule has 44 valence electrons. The zero-order valence-electron chi connectivity index (χ0n) is 2.90. The van der Waals surface area contributed by atoms with E-state index in [4.69, 9.17) is 0 Å². The van der Waals surface area contributed by atoms with Crippen LogP contribution in [0.25, 0.3) is 0 Å². The summed E-state index contributed by atoms with van der Waals surface area (Å²) in [4.78, 5) is 0. The van der Waals surface area contributed by atoms with Gasteiger partial charge in [-0.05, 0) is 47.8 Å². The van der Waals surface area contributed by atoms with Crippen LogP contribution in [0.2, 0.25) is 0 Å². The maximum Gasteiger partial charge on any atom is 0.232 e. The molecular weight excluding hydrogens is 316 g/mol. The molecule has 0 saturated carbocycles. The van der Waals surface area contributed by atoms with Crippen molar-refractivity contribution in [2.24, 2.45) is 0 Å². The molecule has 0 atom stereocenters. The van der Waals surface area contributed by atoms with Crippen molar-refractivity contribution < 1.29 is 8.42 Å². The van der Waals surface area contributed by atoms with Gasteiger partial charge in [-0.25, -0.2) is 8.42 Å². The van der Waals surface area contributed by atoms with Crippen molar-refractivity contribution in [3.05, 3.63) is 0 Å². The van der Waals surface area contributed by atoms with Crippen molar-refractivity contribution in [1.82, 2.24) is 0 Å². The summed E-state index contributed by atoms with van der Waals surface area (Å²) in [5.74, 6) is 0. The summed E-state index contributed by atoms with van der Waals surface area (Å²) in [6, 6.07) is 0. The van der Waals surface area contributed by atoms with Crippen molar-refractivity contribution in [1.29, 1.82) is 0 Å². The van der Waals surface area contributed by atoms with E-state index in [-0.39, 0.29) is 0 Å². The average Bonchev–Trinajstić information content (AvgIpc) is 1.31. The van der Waals surface area contributed by atoms with E-state index in [0.29, 0.717) is 0 Å². The van der Waals surface area contributed by atoms with E-state index in [0.717, 1.165) is 0 Å². The van der Waals surface area contributed by atoms with E-state index in [1.807, 2.05) is 0 Å². The Morgan fingerprint density at radius 1 is 1.14 bits per heavy atom. The van der Waals surface area contributed by atoms with Crippen LogP contribution in [0.1, 0.15) is 0 Å². The average molecular weight is 317 g/mol. The molecule has 0 aromatic rings. The van der Waals surface area contributed by atoms with Crippen LogP contribution in [-0.4, -0.2) is 9.89 Å². The maximum atomic E-state index is 9.92. The number of hydrogen-bond acceptors (Lipinski definition) is 2. The Labute approximate surface area is 68.0 Å². The highest BCUT2D eigenvalue weighted by atomic mass is 80.0. The van der Waals surface area contributed by atoms with Gasteiger partial charge in [-0.3, -0.25) is 0 Å². The summed E-state index contributed by atoms with van der Waals surface area (Å²) >= 11 is 8.34. The molecule has 0 aromatic heterocycles. The molecular formula is CHBr3O2S. The molecule has 0 radical (unpaired) electrons. The van der Waals surface area contributed by atoms with E-state index in [1.165, 1.54) is 0 Å². The van der Waals surface area contributed by atoms with Crippen molar-refractivity contribution in [2.45, 2.75) is 1.47 Å². The lowest BCUT2D eigenvalue weighted by atomic mass is 11.9. The number of hydrogen-bond donors (Lipinski definition) is 1. The van der Waals surface area contributed by atoms with Gasteiger partial charge in [0.25, 0.3) is 0 Å². The first-order valence-corrected chi connectivity index (χ1v) is 4.71. The van der Waals surface area contributed by atoms with Crippen molar-refractivity contribution in [2.75, 3.05) is 0 Å². The quantitative estimate of drug-likeness (QED) is 0.541. The molecule has 0 aliphatic heterocycles. The van der Waals surface area contributed by atoms with Gasteiger partial charge in [-0.15, -0.1) is 0 Å². The molecule has 0 spiro atoms. The molecule has 0 unspecified atom stereocenters. The lowest BCUT2D eigenvalue weighted by molar-refractivity contribution is 0.617.